The molecule has 2 aromatic rings. The van der Waals surface area contributed by atoms with Crippen LogP contribution in [0.3, 0.4) is 0 Å². The van der Waals surface area contributed by atoms with Crippen LogP contribution in [-0.4, -0.2) is 77.5 Å². The second-order valence-corrected chi connectivity index (χ2v) is 6.11. The highest BCUT2D eigenvalue weighted by molar-refractivity contribution is 5.82. The molecular formula is C16H21N5O3. The molecule has 0 bridgehead atoms. The lowest BCUT2D eigenvalue weighted by Gasteiger charge is -2.36. The molecule has 2 aliphatic rings. The van der Waals surface area contributed by atoms with Gasteiger partial charge in [-0.05, 0) is 13.0 Å². The van der Waals surface area contributed by atoms with E-state index < -0.39 is 6.10 Å². The summed E-state index contributed by atoms with van der Waals surface area (Å²) in [6, 6.07) is 2.01. The number of rotatable bonds is 2. The Bertz CT molecular complexity index is 740. The Kier molecular flexibility index (Phi) is 4.07. The molecule has 0 aromatic carbocycles. The minimum Gasteiger partial charge on any atom is -0.378 e. The highest BCUT2D eigenvalue weighted by Crippen LogP contribution is 2.22. The van der Waals surface area contributed by atoms with E-state index in [1.54, 1.807) is 6.20 Å². The Labute approximate surface area is 140 Å². The number of ether oxygens (including phenoxy) is 2. The predicted octanol–water partition coefficient (Wildman–Crippen LogP) is 0.102. The van der Waals surface area contributed by atoms with Gasteiger partial charge in [0.2, 0.25) is 0 Å². The molecule has 8 heteroatoms. The number of fused-ring (bicyclic) bond motifs is 1. The third kappa shape index (κ3) is 2.83. The van der Waals surface area contributed by atoms with Crippen molar-refractivity contribution < 1.29 is 14.3 Å². The maximum absolute atomic E-state index is 12.7. The van der Waals surface area contributed by atoms with Crippen molar-refractivity contribution in [3.63, 3.8) is 0 Å². The summed E-state index contributed by atoms with van der Waals surface area (Å²) in [6.07, 6.45) is 3.12. The first-order chi connectivity index (χ1) is 11.7. The first-order valence-corrected chi connectivity index (χ1v) is 8.26. The molecule has 2 fully saturated rings. The molecule has 24 heavy (non-hydrogen) atoms. The lowest BCUT2D eigenvalue weighted by Crippen LogP contribution is -2.53. The largest absolute Gasteiger partial charge is 0.378 e. The molecule has 4 heterocycles. The number of aromatic nitrogens is 3. The van der Waals surface area contributed by atoms with Crippen molar-refractivity contribution in [3.05, 3.63) is 24.2 Å². The number of nitrogens with zero attached hydrogens (tertiary/aromatic N) is 5. The highest BCUT2D eigenvalue weighted by Gasteiger charge is 2.32. The number of amides is 1. The van der Waals surface area contributed by atoms with Crippen LogP contribution in [0.1, 0.15) is 5.69 Å². The van der Waals surface area contributed by atoms with Gasteiger partial charge < -0.3 is 19.3 Å². The van der Waals surface area contributed by atoms with E-state index in [9.17, 15) is 4.79 Å². The van der Waals surface area contributed by atoms with Crippen LogP contribution >= 0.6 is 0 Å². The molecule has 4 rings (SSSR count). The van der Waals surface area contributed by atoms with E-state index in [2.05, 4.69) is 15.0 Å². The second kappa shape index (κ2) is 6.37. The number of carbonyl (C=O) groups is 1. The van der Waals surface area contributed by atoms with Crippen LogP contribution < -0.4 is 4.90 Å². The molecular weight excluding hydrogens is 310 g/mol. The average molecular weight is 331 g/mol. The normalized spacial score (nSPS) is 22.1. The molecule has 0 aliphatic carbocycles. The van der Waals surface area contributed by atoms with Gasteiger partial charge in [0.05, 0.1) is 32.1 Å². The molecule has 8 nitrogen and oxygen atoms in total. The van der Waals surface area contributed by atoms with Crippen LogP contribution in [0.2, 0.25) is 0 Å². The fourth-order valence-corrected chi connectivity index (χ4v) is 3.25. The van der Waals surface area contributed by atoms with Crippen LogP contribution in [-0.2, 0) is 14.3 Å². The smallest absolute Gasteiger partial charge is 0.253 e. The lowest BCUT2D eigenvalue weighted by atomic mass is 10.2. The van der Waals surface area contributed by atoms with Crippen LogP contribution in [0.4, 0.5) is 5.82 Å². The monoisotopic (exact) mass is 331 g/mol. The minimum absolute atomic E-state index is 0.0413. The second-order valence-electron chi connectivity index (χ2n) is 6.11. The van der Waals surface area contributed by atoms with Gasteiger partial charge in [-0.2, -0.15) is 5.10 Å². The molecule has 128 valence electrons. The van der Waals surface area contributed by atoms with Crippen LogP contribution in [0.15, 0.2) is 18.5 Å². The van der Waals surface area contributed by atoms with Crippen molar-refractivity contribution in [1.82, 2.24) is 19.5 Å². The third-order valence-electron chi connectivity index (χ3n) is 4.46. The third-order valence-corrected chi connectivity index (χ3v) is 4.46. The van der Waals surface area contributed by atoms with Crippen molar-refractivity contribution in [2.45, 2.75) is 13.0 Å². The number of morpholine rings is 2. The summed E-state index contributed by atoms with van der Waals surface area (Å²) < 4.78 is 12.9. The molecule has 1 atom stereocenters. The highest BCUT2D eigenvalue weighted by atomic mass is 16.5. The molecule has 2 saturated heterocycles. The Morgan fingerprint density at radius 2 is 2.08 bits per heavy atom. The van der Waals surface area contributed by atoms with Gasteiger partial charge in [0, 0.05) is 32.0 Å². The molecule has 0 saturated carbocycles. The van der Waals surface area contributed by atoms with E-state index in [0.29, 0.717) is 46.0 Å². The van der Waals surface area contributed by atoms with Crippen molar-refractivity contribution in [3.8, 4) is 0 Å². The Morgan fingerprint density at radius 3 is 2.92 bits per heavy atom. The molecule has 1 amide bonds. The van der Waals surface area contributed by atoms with Gasteiger partial charge in [-0.1, -0.05) is 0 Å². The van der Waals surface area contributed by atoms with Gasteiger partial charge in [0.15, 0.2) is 11.9 Å². The first kappa shape index (κ1) is 15.3. The van der Waals surface area contributed by atoms with E-state index in [1.807, 2.05) is 28.6 Å². The lowest BCUT2D eigenvalue weighted by molar-refractivity contribution is -0.148. The number of anilines is 1. The maximum atomic E-state index is 12.7. The SMILES string of the molecule is Cc1cc2c(N3CCOC(C(=O)N4CCOCC4)C3)nccn2n1. The van der Waals surface area contributed by atoms with Gasteiger partial charge in [-0.3, -0.25) is 4.79 Å². The van der Waals surface area contributed by atoms with Gasteiger partial charge in [-0.15, -0.1) is 0 Å². The number of hydrogen-bond donors (Lipinski definition) is 0. The van der Waals surface area contributed by atoms with E-state index in [0.717, 1.165) is 17.0 Å². The molecule has 2 aliphatic heterocycles. The molecule has 0 spiro atoms. The molecule has 0 N–H and O–H groups in total. The zero-order valence-electron chi connectivity index (χ0n) is 13.7. The summed E-state index contributed by atoms with van der Waals surface area (Å²) in [5.74, 6) is 0.890. The van der Waals surface area contributed by atoms with Crippen molar-refractivity contribution in [2.24, 2.45) is 0 Å². The van der Waals surface area contributed by atoms with Gasteiger partial charge in [0.25, 0.3) is 5.91 Å². The zero-order chi connectivity index (χ0) is 16.5. The van der Waals surface area contributed by atoms with Gasteiger partial charge in [0.1, 0.15) is 5.52 Å². The Hall–Kier alpha value is -2.19. The number of carbonyl (C=O) groups excluding carboxylic acids is 1. The minimum atomic E-state index is -0.456. The summed E-state index contributed by atoms with van der Waals surface area (Å²) in [7, 11) is 0. The maximum Gasteiger partial charge on any atom is 0.253 e. The van der Waals surface area contributed by atoms with Crippen LogP contribution in [0.25, 0.3) is 5.52 Å². The van der Waals surface area contributed by atoms with Crippen molar-refractivity contribution in [1.29, 1.82) is 0 Å². The topological polar surface area (TPSA) is 72.2 Å². The van der Waals surface area contributed by atoms with Crippen molar-refractivity contribution in [2.75, 3.05) is 50.9 Å². The number of hydrogen-bond acceptors (Lipinski definition) is 6. The molecule has 0 radical (unpaired) electrons. The van der Waals surface area contributed by atoms with Crippen LogP contribution in [0.5, 0.6) is 0 Å². The summed E-state index contributed by atoms with van der Waals surface area (Å²) >= 11 is 0. The summed E-state index contributed by atoms with van der Waals surface area (Å²) in [5.41, 5.74) is 1.90. The summed E-state index contributed by atoms with van der Waals surface area (Å²) in [5, 5.41) is 4.43. The van der Waals surface area contributed by atoms with Crippen molar-refractivity contribution >= 4 is 17.2 Å². The Balaban J connectivity index is 1.54. The number of aryl methyl sites for hydroxylation is 1. The molecule has 1 unspecified atom stereocenters. The summed E-state index contributed by atoms with van der Waals surface area (Å²) in [6.45, 7) is 6.15. The fraction of sp³-hybridized carbons (Fsp3) is 0.562. The average Bonchev–Trinajstić information content (AvgIpc) is 3.02. The first-order valence-electron chi connectivity index (χ1n) is 8.26. The molecule has 2 aromatic heterocycles. The van der Waals surface area contributed by atoms with E-state index in [1.165, 1.54) is 0 Å². The quantitative estimate of drug-likeness (QED) is 0.777. The summed E-state index contributed by atoms with van der Waals surface area (Å²) in [4.78, 5) is 21.1. The van der Waals surface area contributed by atoms with Gasteiger partial charge in [-0.25, -0.2) is 9.50 Å². The fourth-order valence-electron chi connectivity index (χ4n) is 3.25. The zero-order valence-corrected chi connectivity index (χ0v) is 13.7. The van der Waals surface area contributed by atoms with E-state index in [4.69, 9.17) is 9.47 Å². The predicted molar refractivity (Wildman–Crippen MR) is 87.1 cm³/mol. The van der Waals surface area contributed by atoms with Gasteiger partial charge >= 0.3 is 0 Å². The Morgan fingerprint density at radius 1 is 1.25 bits per heavy atom. The van der Waals surface area contributed by atoms with E-state index in [-0.39, 0.29) is 5.91 Å². The standard InChI is InChI=1S/C16H21N5O3/c1-12-10-13-15(17-2-3-21(13)18-12)20-6-9-24-14(11-20)16(22)19-4-7-23-8-5-19/h2-3,10,14H,4-9,11H2,1H3. The van der Waals surface area contributed by atoms with E-state index >= 15 is 0 Å². The van der Waals surface area contributed by atoms with Crippen LogP contribution in [0, 0.1) is 6.92 Å².